The van der Waals surface area contributed by atoms with E-state index in [1.807, 2.05) is 31.2 Å². The van der Waals surface area contributed by atoms with E-state index in [0.29, 0.717) is 0 Å². The first-order valence-electron chi connectivity index (χ1n) is 4.91. The van der Waals surface area contributed by atoms with E-state index in [1.54, 1.807) is 11.7 Å². The second kappa shape index (κ2) is 4.77. The van der Waals surface area contributed by atoms with Gasteiger partial charge in [-0.05, 0) is 24.6 Å². The summed E-state index contributed by atoms with van der Waals surface area (Å²) in [6.07, 6.45) is 1.72. The number of rotatable bonds is 3. The molecule has 0 aliphatic rings. The lowest BCUT2D eigenvalue weighted by molar-refractivity contribution is 1.02. The molecule has 0 aliphatic carbocycles. The zero-order chi connectivity index (χ0) is 11.4. The van der Waals surface area contributed by atoms with E-state index in [0.717, 1.165) is 10.6 Å². The van der Waals surface area contributed by atoms with Crippen LogP contribution >= 0.6 is 11.3 Å². The van der Waals surface area contributed by atoms with E-state index >= 15 is 0 Å². The Morgan fingerprint density at radius 3 is 3.00 bits per heavy atom. The predicted octanol–water partition coefficient (Wildman–Crippen LogP) is 3.13. The molecule has 0 saturated heterocycles. The van der Waals surface area contributed by atoms with Crippen LogP contribution < -0.4 is 5.32 Å². The van der Waals surface area contributed by atoms with Crippen LogP contribution in [-0.4, -0.2) is 4.98 Å². The summed E-state index contributed by atoms with van der Waals surface area (Å²) in [5.41, 5.74) is 3.86. The number of nitrogens with zero attached hydrogens (tertiary/aromatic N) is 2. The molecule has 16 heavy (non-hydrogen) atoms. The molecule has 1 aromatic heterocycles. The van der Waals surface area contributed by atoms with Crippen molar-refractivity contribution in [2.45, 2.75) is 13.0 Å². The number of benzene rings is 1. The maximum absolute atomic E-state index is 9.09. The van der Waals surface area contributed by atoms with Gasteiger partial charge in [0.25, 0.3) is 0 Å². The smallest absolute Gasteiger partial charge is 0.151 e. The Kier molecular flexibility index (Phi) is 3.18. The number of hydrogen-bond donors (Lipinski definition) is 1. The van der Waals surface area contributed by atoms with Gasteiger partial charge in [-0.25, -0.2) is 0 Å². The van der Waals surface area contributed by atoms with Gasteiger partial charge in [-0.2, -0.15) is 5.26 Å². The van der Waals surface area contributed by atoms with E-state index in [9.17, 15) is 0 Å². The molecule has 80 valence electrons. The van der Waals surface area contributed by atoms with Crippen molar-refractivity contribution in [3.8, 4) is 6.07 Å². The minimum atomic E-state index is -0.325. The molecule has 0 amide bonds. The molecular weight excluding hydrogens is 218 g/mol. The summed E-state index contributed by atoms with van der Waals surface area (Å²) in [6, 6.07) is 9.88. The standard InChI is InChI=1S/C12H11N3S/c1-9-3-2-4-10(5-9)15-11(6-13)12-7-14-8-16-12/h2-5,7-8,11,15H,1H3. The first-order valence-corrected chi connectivity index (χ1v) is 5.79. The zero-order valence-electron chi connectivity index (χ0n) is 8.84. The first-order chi connectivity index (χ1) is 7.79. The number of nitriles is 1. The maximum Gasteiger partial charge on any atom is 0.151 e. The molecule has 1 heterocycles. The summed E-state index contributed by atoms with van der Waals surface area (Å²) in [5.74, 6) is 0. The monoisotopic (exact) mass is 229 g/mol. The Hall–Kier alpha value is -1.86. The van der Waals surface area contributed by atoms with Crippen LogP contribution in [0.4, 0.5) is 5.69 Å². The van der Waals surface area contributed by atoms with Crippen molar-refractivity contribution in [1.82, 2.24) is 4.98 Å². The second-order valence-corrected chi connectivity index (χ2v) is 4.40. The molecule has 1 atom stereocenters. The Morgan fingerprint density at radius 1 is 1.50 bits per heavy atom. The Bertz CT molecular complexity index is 499. The summed E-state index contributed by atoms with van der Waals surface area (Å²) in [6.45, 7) is 2.03. The topological polar surface area (TPSA) is 48.7 Å². The van der Waals surface area contributed by atoms with Crippen LogP contribution in [0.2, 0.25) is 0 Å². The van der Waals surface area contributed by atoms with E-state index in [4.69, 9.17) is 5.26 Å². The first kappa shape index (κ1) is 10.7. The molecule has 2 aromatic rings. The van der Waals surface area contributed by atoms with Gasteiger partial charge in [0, 0.05) is 11.9 Å². The number of aromatic nitrogens is 1. The summed E-state index contributed by atoms with van der Waals surface area (Å²) in [5, 5.41) is 12.3. The second-order valence-electron chi connectivity index (χ2n) is 3.48. The van der Waals surface area contributed by atoms with Crippen molar-refractivity contribution in [3.63, 3.8) is 0 Å². The van der Waals surface area contributed by atoms with Crippen molar-refractivity contribution < 1.29 is 0 Å². The van der Waals surface area contributed by atoms with Crippen LogP contribution in [0.25, 0.3) is 0 Å². The van der Waals surface area contributed by atoms with Crippen LogP contribution in [0.1, 0.15) is 16.5 Å². The van der Waals surface area contributed by atoms with Gasteiger partial charge in [0.2, 0.25) is 0 Å². The minimum Gasteiger partial charge on any atom is -0.365 e. The SMILES string of the molecule is Cc1cccc(NC(C#N)c2cncs2)c1. The third-order valence-corrected chi connectivity index (χ3v) is 3.03. The normalized spacial score (nSPS) is 11.8. The predicted molar refractivity (Wildman–Crippen MR) is 65.3 cm³/mol. The van der Waals surface area contributed by atoms with Gasteiger partial charge in [-0.15, -0.1) is 11.3 Å². The highest BCUT2D eigenvalue weighted by Crippen LogP contribution is 2.22. The highest BCUT2D eigenvalue weighted by Gasteiger charge is 2.11. The largest absolute Gasteiger partial charge is 0.365 e. The molecule has 4 heteroatoms. The van der Waals surface area contributed by atoms with Crippen LogP contribution in [0.15, 0.2) is 36.0 Å². The van der Waals surface area contributed by atoms with E-state index in [1.165, 1.54) is 16.9 Å². The quantitative estimate of drug-likeness (QED) is 0.879. The highest BCUT2D eigenvalue weighted by atomic mass is 32.1. The van der Waals surface area contributed by atoms with Crippen LogP contribution in [-0.2, 0) is 0 Å². The summed E-state index contributed by atoms with van der Waals surface area (Å²) in [4.78, 5) is 4.91. The van der Waals surface area contributed by atoms with Crippen molar-refractivity contribution in [2.24, 2.45) is 0 Å². The Labute approximate surface area is 98.4 Å². The number of aryl methyl sites for hydroxylation is 1. The molecule has 3 nitrogen and oxygen atoms in total. The summed E-state index contributed by atoms with van der Waals surface area (Å²) < 4.78 is 0. The lowest BCUT2D eigenvalue weighted by atomic mass is 10.2. The Balaban J connectivity index is 2.17. The Morgan fingerprint density at radius 2 is 2.38 bits per heavy atom. The molecule has 0 bridgehead atoms. The van der Waals surface area contributed by atoms with Gasteiger partial charge in [0.1, 0.15) is 0 Å². The van der Waals surface area contributed by atoms with Crippen LogP contribution in [0.5, 0.6) is 0 Å². The molecule has 0 saturated carbocycles. The van der Waals surface area contributed by atoms with Gasteiger partial charge >= 0.3 is 0 Å². The number of nitrogens with one attached hydrogen (secondary N) is 1. The zero-order valence-corrected chi connectivity index (χ0v) is 9.66. The molecule has 1 unspecified atom stereocenters. The summed E-state index contributed by atoms with van der Waals surface area (Å²) in [7, 11) is 0. The van der Waals surface area contributed by atoms with Gasteiger partial charge < -0.3 is 5.32 Å². The molecule has 0 aliphatic heterocycles. The van der Waals surface area contributed by atoms with Gasteiger partial charge in [-0.3, -0.25) is 4.98 Å². The van der Waals surface area contributed by atoms with Crippen molar-refractivity contribution in [1.29, 1.82) is 5.26 Å². The molecule has 1 N–H and O–H groups in total. The third-order valence-electron chi connectivity index (χ3n) is 2.19. The fourth-order valence-corrected chi connectivity index (χ4v) is 2.05. The maximum atomic E-state index is 9.09. The number of thiazole rings is 1. The molecule has 0 fully saturated rings. The lowest BCUT2D eigenvalue weighted by Crippen LogP contribution is -2.06. The summed E-state index contributed by atoms with van der Waals surface area (Å²) >= 11 is 1.48. The van der Waals surface area contributed by atoms with Gasteiger partial charge in [0.05, 0.1) is 16.5 Å². The van der Waals surface area contributed by atoms with Gasteiger partial charge in [0.15, 0.2) is 6.04 Å². The van der Waals surface area contributed by atoms with Crippen LogP contribution in [0.3, 0.4) is 0 Å². The van der Waals surface area contributed by atoms with Gasteiger partial charge in [-0.1, -0.05) is 12.1 Å². The molecule has 0 radical (unpaired) electrons. The number of anilines is 1. The van der Waals surface area contributed by atoms with Crippen molar-refractivity contribution in [2.75, 3.05) is 5.32 Å². The molecule has 0 spiro atoms. The van der Waals surface area contributed by atoms with E-state index in [-0.39, 0.29) is 6.04 Å². The van der Waals surface area contributed by atoms with Crippen molar-refractivity contribution >= 4 is 17.0 Å². The minimum absolute atomic E-state index is 0.325. The van der Waals surface area contributed by atoms with Crippen LogP contribution in [0, 0.1) is 18.3 Å². The highest BCUT2D eigenvalue weighted by molar-refractivity contribution is 7.09. The average molecular weight is 229 g/mol. The fraction of sp³-hybridized carbons (Fsp3) is 0.167. The van der Waals surface area contributed by atoms with E-state index < -0.39 is 0 Å². The van der Waals surface area contributed by atoms with E-state index in [2.05, 4.69) is 16.4 Å². The average Bonchev–Trinajstić information content (AvgIpc) is 2.79. The van der Waals surface area contributed by atoms with Crippen molar-refractivity contribution in [3.05, 3.63) is 46.4 Å². The molecular formula is C12H11N3S. The number of hydrogen-bond acceptors (Lipinski definition) is 4. The lowest BCUT2D eigenvalue weighted by Gasteiger charge is -2.11. The third kappa shape index (κ3) is 2.38. The molecule has 2 rings (SSSR count). The molecule has 1 aromatic carbocycles. The fourth-order valence-electron chi connectivity index (χ4n) is 1.44.